The average Bonchev–Trinajstić information content (AvgIpc) is 2.50. The van der Waals surface area contributed by atoms with E-state index in [0.29, 0.717) is 17.4 Å². The standard InChI is InChI=1S/C17H21BrN4O/c1-11(2)8-9-19-16-7-6-15(21-22-16)17(23)20-14-5-4-13(18)10-12(14)3/h4-7,10-11H,8-9H2,1-3H3,(H,19,22)(H,20,23). The van der Waals surface area contributed by atoms with Crippen molar-refractivity contribution in [2.75, 3.05) is 17.2 Å². The highest BCUT2D eigenvalue weighted by molar-refractivity contribution is 9.10. The van der Waals surface area contributed by atoms with Crippen molar-refractivity contribution in [2.24, 2.45) is 5.92 Å². The molecule has 0 saturated heterocycles. The van der Waals surface area contributed by atoms with Gasteiger partial charge in [-0.1, -0.05) is 29.8 Å². The van der Waals surface area contributed by atoms with Crippen molar-refractivity contribution in [3.63, 3.8) is 0 Å². The Labute approximate surface area is 145 Å². The molecule has 0 radical (unpaired) electrons. The fraction of sp³-hybridized carbons (Fsp3) is 0.353. The maximum Gasteiger partial charge on any atom is 0.276 e. The molecular formula is C17H21BrN4O. The summed E-state index contributed by atoms with van der Waals surface area (Å²) < 4.78 is 0.976. The molecule has 1 aromatic heterocycles. The Morgan fingerprint density at radius 2 is 2.00 bits per heavy atom. The van der Waals surface area contributed by atoms with Crippen molar-refractivity contribution in [3.8, 4) is 0 Å². The molecule has 1 amide bonds. The van der Waals surface area contributed by atoms with Crippen molar-refractivity contribution in [2.45, 2.75) is 27.2 Å². The van der Waals surface area contributed by atoms with E-state index in [9.17, 15) is 4.79 Å². The lowest BCUT2D eigenvalue weighted by Gasteiger charge is -2.09. The van der Waals surface area contributed by atoms with Crippen LogP contribution in [-0.4, -0.2) is 22.6 Å². The van der Waals surface area contributed by atoms with Crippen LogP contribution >= 0.6 is 15.9 Å². The van der Waals surface area contributed by atoms with Gasteiger partial charge in [-0.05, 0) is 55.2 Å². The number of aromatic nitrogens is 2. The minimum absolute atomic E-state index is 0.267. The van der Waals surface area contributed by atoms with Gasteiger partial charge < -0.3 is 10.6 Å². The zero-order chi connectivity index (χ0) is 16.8. The van der Waals surface area contributed by atoms with Crippen LogP contribution in [0.2, 0.25) is 0 Å². The van der Waals surface area contributed by atoms with Crippen LogP contribution in [0.25, 0.3) is 0 Å². The second-order valence-electron chi connectivity index (χ2n) is 5.83. The Bertz CT molecular complexity index is 671. The first kappa shape index (κ1) is 17.4. The SMILES string of the molecule is Cc1cc(Br)ccc1NC(=O)c1ccc(NCCC(C)C)nn1. The molecule has 1 heterocycles. The first-order valence-corrected chi connectivity index (χ1v) is 8.40. The molecule has 0 atom stereocenters. The van der Waals surface area contributed by atoms with Crippen molar-refractivity contribution in [3.05, 3.63) is 46.1 Å². The van der Waals surface area contributed by atoms with Gasteiger partial charge >= 0.3 is 0 Å². The highest BCUT2D eigenvalue weighted by Crippen LogP contribution is 2.20. The third-order valence-corrected chi connectivity index (χ3v) is 3.85. The Morgan fingerprint density at radius 1 is 1.22 bits per heavy atom. The minimum Gasteiger partial charge on any atom is -0.369 e. The van der Waals surface area contributed by atoms with Gasteiger partial charge in [0.25, 0.3) is 5.91 Å². The van der Waals surface area contributed by atoms with Crippen LogP contribution in [0.1, 0.15) is 36.3 Å². The molecule has 0 saturated carbocycles. The summed E-state index contributed by atoms with van der Waals surface area (Å²) in [6, 6.07) is 9.14. The molecule has 2 N–H and O–H groups in total. The maximum absolute atomic E-state index is 12.2. The van der Waals surface area contributed by atoms with E-state index in [1.807, 2.05) is 25.1 Å². The summed E-state index contributed by atoms with van der Waals surface area (Å²) in [5, 5.41) is 14.1. The van der Waals surface area contributed by atoms with Gasteiger partial charge in [0.15, 0.2) is 5.69 Å². The summed E-state index contributed by atoms with van der Waals surface area (Å²) in [7, 11) is 0. The van der Waals surface area contributed by atoms with Crippen molar-refractivity contribution in [1.82, 2.24) is 10.2 Å². The lowest BCUT2D eigenvalue weighted by Crippen LogP contribution is -2.15. The number of hydrogen-bond acceptors (Lipinski definition) is 4. The van der Waals surface area contributed by atoms with Crippen LogP contribution in [0.3, 0.4) is 0 Å². The zero-order valence-electron chi connectivity index (χ0n) is 13.6. The van der Waals surface area contributed by atoms with Gasteiger partial charge in [0.2, 0.25) is 0 Å². The maximum atomic E-state index is 12.2. The van der Waals surface area contributed by atoms with E-state index in [0.717, 1.165) is 28.7 Å². The Hall–Kier alpha value is -1.95. The van der Waals surface area contributed by atoms with Gasteiger partial charge in [0, 0.05) is 16.7 Å². The fourth-order valence-corrected chi connectivity index (χ4v) is 2.47. The predicted octanol–water partition coefficient (Wildman–Crippen LogP) is 4.26. The van der Waals surface area contributed by atoms with E-state index in [-0.39, 0.29) is 5.91 Å². The van der Waals surface area contributed by atoms with Gasteiger partial charge in [0.05, 0.1) is 0 Å². The molecule has 2 aromatic rings. The number of hydrogen-bond donors (Lipinski definition) is 2. The number of aryl methyl sites for hydroxylation is 1. The number of rotatable bonds is 6. The summed E-state index contributed by atoms with van der Waals surface area (Å²) in [6.45, 7) is 7.12. The summed E-state index contributed by atoms with van der Waals surface area (Å²) in [5.41, 5.74) is 2.04. The molecule has 0 aliphatic heterocycles. The first-order chi connectivity index (χ1) is 11.0. The fourth-order valence-electron chi connectivity index (χ4n) is 1.99. The number of carbonyl (C=O) groups excluding carboxylic acids is 1. The van der Waals surface area contributed by atoms with E-state index in [2.05, 4.69) is 50.6 Å². The second-order valence-corrected chi connectivity index (χ2v) is 6.74. The van der Waals surface area contributed by atoms with E-state index in [1.54, 1.807) is 12.1 Å². The molecule has 122 valence electrons. The van der Waals surface area contributed by atoms with Crippen molar-refractivity contribution in [1.29, 1.82) is 0 Å². The van der Waals surface area contributed by atoms with Gasteiger partial charge in [0.1, 0.15) is 5.82 Å². The number of carbonyl (C=O) groups is 1. The van der Waals surface area contributed by atoms with Gasteiger partial charge in [-0.2, -0.15) is 0 Å². The van der Waals surface area contributed by atoms with E-state index in [4.69, 9.17) is 0 Å². The molecular weight excluding hydrogens is 356 g/mol. The third-order valence-electron chi connectivity index (χ3n) is 3.36. The summed E-state index contributed by atoms with van der Waals surface area (Å²) in [5.74, 6) is 1.05. The highest BCUT2D eigenvalue weighted by atomic mass is 79.9. The van der Waals surface area contributed by atoms with Crippen LogP contribution in [0.4, 0.5) is 11.5 Å². The Kier molecular flexibility index (Phi) is 6.10. The highest BCUT2D eigenvalue weighted by Gasteiger charge is 2.10. The molecule has 5 nitrogen and oxygen atoms in total. The molecule has 0 aliphatic carbocycles. The summed E-state index contributed by atoms with van der Waals surface area (Å²) in [4.78, 5) is 12.2. The molecule has 1 aromatic carbocycles. The van der Waals surface area contributed by atoms with E-state index in [1.165, 1.54) is 0 Å². The average molecular weight is 377 g/mol. The number of nitrogens with zero attached hydrogens (tertiary/aromatic N) is 2. The van der Waals surface area contributed by atoms with Crippen molar-refractivity contribution >= 4 is 33.3 Å². The monoisotopic (exact) mass is 376 g/mol. The molecule has 23 heavy (non-hydrogen) atoms. The lowest BCUT2D eigenvalue weighted by molar-refractivity contribution is 0.102. The third kappa shape index (κ3) is 5.32. The van der Waals surface area contributed by atoms with Gasteiger partial charge in [-0.3, -0.25) is 4.79 Å². The lowest BCUT2D eigenvalue weighted by atomic mass is 10.1. The molecule has 6 heteroatoms. The normalized spacial score (nSPS) is 10.7. The van der Waals surface area contributed by atoms with Crippen LogP contribution in [-0.2, 0) is 0 Å². The number of amides is 1. The zero-order valence-corrected chi connectivity index (χ0v) is 15.1. The summed E-state index contributed by atoms with van der Waals surface area (Å²) >= 11 is 3.40. The molecule has 0 spiro atoms. The first-order valence-electron chi connectivity index (χ1n) is 7.61. The van der Waals surface area contributed by atoms with Gasteiger partial charge in [-0.25, -0.2) is 0 Å². The van der Waals surface area contributed by atoms with Crippen LogP contribution in [0.15, 0.2) is 34.8 Å². The summed E-state index contributed by atoms with van der Waals surface area (Å²) in [6.07, 6.45) is 1.06. The largest absolute Gasteiger partial charge is 0.369 e. The topological polar surface area (TPSA) is 66.9 Å². The molecule has 0 bridgehead atoms. The van der Waals surface area contributed by atoms with Crippen LogP contribution in [0.5, 0.6) is 0 Å². The molecule has 0 fully saturated rings. The van der Waals surface area contributed by atoms with Gasteiger partial charge in [-0.15, -0.1) is 10.2 Å². The van der Waals surface area contributed by atoms with E-state index >= 15 is 0 Å². The van der Waals surface area contributed by atoms with Crippen LogP contribution < -0.4 is 10.6 Å². The van der Waals surface area contributed by atoms with Crippen molar-refractivity contribution < 1.29 is 4.79 Å². The Balaban J connectivity index is 1.97. The quantitative estimate of drug-likeness (QED) is 0.790. The predicted molar refractivity (Wildman–Crippen MR) is 96.8 cm³/mol. The number of nitrogens with one attached hydrogen (secondary N) is 2. The molecule has 2 rings (SSSR count). The number of halogens is 1. The molecule has 0 unspecified atom stereocenters. The smallest absolute Gasteiger partial charge is 0.276 e. The minimum atomic E-state index is -0.267. The number of benzene rings is 1. The van der Waals surface area contributed by atoms with E-state index < -0.39 is 0 Å². The van der Waals surface area contributed by atoms with Crippen LogP contribution in [0, 0.1) is 12.8 Å². The Morgan fingerprint density at radius 3 is 2.61 bits per heavy atom. The number of anilines is 2. The second kappa shape index (κ2) is 8.06. The molecule has 0 aliphatic rings.